The first-order valence-corrected chi connectivity index (χ1v) is 5.46. The zero-order chi connectivity index (χ0) is 9.10. The van der Waals surface area contributed by atoms with Crippen LogP contribution in [0.25, 0.3) is 0 Å². The Hall–Kier alpha value is -0.120. The smallest absolute Gasteiger partial charge is 0.0702 e. The third-order valence-corrected chi connectivity index (χ3v) is 3.09. The van der Waals surface area contributed by atoms with Crippen LogP contribution in [-0.4, -0.2) is 49.8 Å². The topological polar surface area (TPSA) is 24.5 Å². The average molecular weight is 184 g/mol. The Morgan fingerprint density at radius 2 is 2.31 bits per heavy atom. The van der Waals surface area contributed by atoms with E-state index >= 15 is 0 Å². The van der Waals surface area contributed by atoms with E-state index in [2.05, 4.69) is 17.1 Å². The molecule has 0 aromatic heterocycles. The van der Waals surface area contributed by atoms with Gasteiger partial charge in [-0.05, 0) is 26.3 Å². The Labute approximate surface area is 80.4 Å². The lowest BCUT2D eigenvalue weighted by atomic mass is 10.0. The summed E-state index contributed by atoms with van der Waals surface area (Å²) >= 11 is 0. The molecule has 2 rings (SSSR count). The second-order valence-electron chi connectivity index (χ2n) is 4.03. The Kier molecular flexibility index (Phi) is 3.19. The number of hydrogen-bond acceptors (Lipinski definition) is 3. The van der Waals surface area contributed by atoms with Crippen LogP contribution in [-0.2, 0) is 4.74 Å². The van der Waals surface area contributed by atoms with E-state index in [1.54, 1.807) is 0 Å². The summed E-state index contributed by atoms with van der Waals surface area (Å²) in [5, 5.41) is 3.32. The van der Waals surface area contributed by atoms with Crippen molar-refractivity contribution in [2.75, 3.05) is 32.8 Å². The van der Waals surface area contributed by atoms with Crippen LogP contribution in [0.5, 0.6) is 0 Å². The first-order valence-electron chi connectivity index (χ1n) is 5.46. The molecule has 0 aromatic carbocycles. The third kappa shape index (κ3) is 2.22. The summed E-state index contributed by atoms with van der Waals surface area (Å²) in [6.07, 6.45) is 3.06. The van der Waals surface area contributed by atoms with Crippen LogP contribution in [0.2, 0.25) is 0 Å². The first kappa shape index (κ1) is 9.44. The van der Waals surface area contributed by atoms with Gasteiger partial charge in [-0.1, -0.05) is 0 Å². The van der Waals surface area contributed by atoms with Gasteiger partial charge in [0.25, 0.3) is 0 Å². The molecule has 0 radical (unpaired) electrons. The summed E-state index contributed by atoms with van der Waals surface area (Å²) in [5.74, 6) is 0. The lowest BCUT2D eigenvalue weighted by molar-refractivity contribution is -0.0147. The number of ether oxygens (including phenoxy) is 1. The van der Waals surface area contributed by atoms with Gasteiger partial charge in [0.2, 0.25) is 0 Å². The number of nitrogens with zero attached hydrogens (tertiary/aromatic N) is 1. The van der Waals surface area contributed by atoms with Gasteiger partial charge in [-0.25, -0.2) is 0 Å². The van der Waals surface area contributed by atoms with E-state index in [0.717, 1.165) is 19.2 Å². The average Bonchev–Trinajstić information content (AvgIpc) is 2.02. The Balaban J connectivity index is 1.77. The van der Waals surface area contributed by atoms with Gasteiger partial charge in [-0.3, -0.25) is 4.90 Å². The van der Waals surface area contributed by atoms with Crippen molar-refractivity contribution in [2.45, 2.75) is 31.9 Å². The van der Waals surface area contributed by atoms with Crippen molar-refractivity contribution < 1.29 is 4.74 Å². The van der Waals surface area contributed by atoms with E-state index in [-0.39, 0.29) is 0 Å². The second-order valence-corrected chi connectivity index (χ2v) is 4.03. The maximum atomic E-state index is 5.67. The zero-order valence-electron chi connectivity index (χ0n) is 8.46. The van der Waals surface area contributed by atoms with E-state index in [0.29, 0.717) is 6.10 Å². The van der Waals surface area contributed by atoms with E-state index < -0.39 is 0 Å². The summed E-state index contributed by atoms with van der Waals surface area (Å²) in [7, 11) is 0. The molecule has 3 nitrogen and oxygen atoms in total. The van der Waals surface area contributed by atoms with Crippen LogP contribution in [0.3, 0.4) is 0 Å². The zero-order valence-corrected chi connectivity index (χ0v) is 8.46. The van der Waals surface area contributed by atoms with Crippen molar-refractivity contribution in [3.05, 3.63) is 0 Å². The van der Waals surface area contributed by atoms with Gasteiger partial charge in [0.15, 0.2) is 0 Å². The van der Waals surface area contributed by atoms with Crippen molar-refractivity contribution in [3.8, 4) is 0 Å². The fourth-order valence-corrected chi connectivity index (χ4v) is 2.20. The van der Waals surface area contributed by atoms with Crippen LogP contribution in [0.1, 0.15) is 19.8 Å². The highest BCUT2D eigenvalue weighted by atomic mass is 16.5. The number of likely N-dealkylation sites (tertiary alicyclic amines) is 1. The van der Waals surface area contributed by atoms with Crippen molar-refractivity contribution >= 4 is 0 Å². The van der Waals surface area contributed by atoms with Gasteiger partial charge >= 0.3 is 0 Å². The minimum absolute atomic E-state index is 0.499. The van der Waals surface area contributed by atoms with Crippen molar-refractivity contribution in [1.29, 1.82) is 0 Å². The standard InChI is InChI=1S/C10H20N2O/c1-2-13-10-4-3-5-12(8-10)9-6-11-7-9/h9-11H,2-8H2,1H3. The molecule has 2 aliphatic heterocycles. The van der Waals surface area contributed by atoms with Gasteiger partial charge in [-0.2, -0.15) is 0 Å². The highest BCUT2D eigenvalue weighted by Gasteiger charge is 2.29. The maximum Gasteiger partial charge on any atom is 0.0702 e. The molecule has 13 heavy (non-hydrogen) atoms. The molecule has 0 saturated carbocycles. The molecule has 0 bridgehead atoms. The lowest BCUT2D eigenvalue weighted by Gasteiger charge is -2.42. The summed E-state index contributed by atoms with van der Waals surface area (Å²) in [6.45, 7) is 7.74. The molecule has 1 N–H and O–H groups in total. The second kappa shape index (κ2) is 4.40. The first-order chi connectivity index (χ1) is 6.40. The van der Waals surface area contributed by atoms with E-state index in [1.807, 2.05) is 0 Å². The number of rotatable bonds is 3. The molecule has 0 spiro atoms. The molecule has 1 unspecified atom stereocenters. The Bertz CT molecular complexity index is 157. The number of piperidine rings is 1. The molecule has 2 heterocycles. The normalized spacial score (nSPS) is 31.6. The number of hydrogen-bond donors (Lipinski definition) is 1. The number of nitrogens with one attached hydrogen (secondary N) is 1. The third-order valence-electron chi connectivity index (χ3n) is 3.09. The fourth-order valence-electron chi connectivity index (χ4n) is 2.20. The monoisotopic (exact) mass is 184 g/mol. The van der Waals surface area contributed by atoms with Crippen LogP contribution in [0.4, 0.5) is 0 Å². The molecule has 3 heteroatoms. The summed E-state index contributed by atoms with van der Waals surface area (Å²) in [6, 6.07) is 0.795. The summed E-state index contributed by atoms with van der Waals surface area (Å²) in [5.41, 5.74) is 0. The quantitative estimate of drug-likeness (QED) is 0.689. The van der Waals surface area contributed by atoms with Crippen LogP contribution in [0.15, 0.2) is 0 Å². The van der Waals surface area contributed by atoms with E-state index in [9.17, 15) is 0 Å². The molecule has 76 valence electrons. The Morgan fingerprint density at radius 1 is 1.46 bits per heavy atom. The van der Waals surface area contributed by atoms with Crippen molar-refractivity contribution in [3.63, 3.8) is 0 Å². The minimum atomic E-state index is 0.499. The molecule has 0 aromatic rings. The van der Waals surface area contributed by atoms with E-state index in [1.165, 1.54) is 32.5 Å². The molecule has 2 saturated heterocycles. The van der Waals surface area contributed by atoms with Gasteiger partial charge < -0.3 is 10.1 Å². The SMILES string of the molecule is CCOC1CCCN(C2CNC2)C1. The van der Waals surface area contributed by atoms with Gasteiger partial charge in [0, 0.05) is 32.3 Å². The Morgan fingerprint density at radius 3 is 2.92 bits per heavy atom. The highest BCUT2D eigenvalue weighted by molar-refractivity contribution is 4.87. The van der Waals surface area contributed by atoms with Crippen molar-refractivity contribution in [2.24, 2.45) is 0 Å². The lowest BCUT2D eigenvalue weighted by Crippen LogP contribution is -2.60. The largest absolute Gasteiger partial charge is 0.377 e. The predicted molar refractivity (Wildman–Crippen MR) is 52.9 cm³/mol. The predicted octanol–water partition coefficient (Wildman–Crippen LogP) is 0.459. The van der Waals surface area contributed by atoms with Gasteiger partial charge in [-0.15, -0.1) is 0 Å². The van der Waals surface area contributed by atoms with Crippen LogP contribution in [0, 0.1) is 0 Å². The highest BCUT2D eigenvalue weighted by Crippen LogP contribution is 2.17. The molecule has 0 amide bonds. The molecule has 1 atom stereocenters. The fraction of sp³-hybridized carbons (Fsp3) is 1.00. The molecule has 2 fully saturated rings. The van der Waals surface area contributed by atoms with Gasteiger partial charge in [0.05, 0.1) is 6.10 Å². The van der Waals surface area contributed by atoms with Crippen molar-refractivity contribution in [1.82, 2.24) is 10.2 Å². The minimum Gasteiger partial charge on any atom is -0.377 e. The molecule has 0 aliphatic carbocycles. The van der Waals surface area contributed by atoms with E-state index in [4.69, 9.17) is 4.74 Å². The summed E-state index contributed by atoms with van der Waals surface area (Å²) in [4.78, 5) is 2.58. The van der Waals surface area contributed by atoms with Crippen LogP contribution >= 0.6 is 0 Å². The molecular formula is C10H20N2O. The summed E-state index contributed by atoms with van der Waals surface area (Å²) < 4.78 is 5.67. The van der Waals surface area contributed by atoms with Crippen LogP contribution < -0.4 is 5.32 Å². The molecular weight excluding hydrogens is 164 g/mol. The van der Waals surface area contributed by atoms with Gasteiger partial charge in [0.1, 0.15) is 0 Å². The maximum absolute atomic E-state index is 5.67. The molecule has 2 aliphatic rings.